The van der Waals surface area contributed by atoms with Crippen LogP contribution in [0.5, 0.6) is 5.75 Å². The Balaban J connectivity index is 1.21. The number of hydrogen-bond acceptors (Lipinski definition) is 10. The summed E-state index contributed by atoms with van der Waals surface area (Å²) < 4.78 is 23.7. The second-order valence-electron chi connectivity index (χ2n) is 11.7. The number of carbonyl (C=O) groups excluding carboxylic acids is 3. The quantitative estimate of drug-likeness (QED) is 0.334. The second kappa shape index (κ2) is 12.9. The molecule has 0 aliphatic carbocycles. The molecule has 240 valence electrons. The maximum Gasteiger partial charge on any atom is 0.328 e. The Morgan fingerprint density at radius 3 is 2.57 bits per heavy atom. The third-order valence-corrected chi connectivity index (χ3v) is 10.5. The van der Waals surface area contributed by atoms with Crippen LogP contribution in [0.15, 0.2) is 71.1 Å². The molecule has 3 fully saturated rings. The number of pyridine rings is 1. The Morgan fingerprint density at radius 1 is 1.07 bits per heavy atom. The van der Waals surface area contributed by atoms with E-state index in [-0.39, 0.29) is 37.6 Å². The zero-order valence-corrected chi connectivity index (χ0v) is 26.4. The molecule has 3 atom stereocenters. The van der Waals surface area contributed by atoms with E-state index in [2.05, 4.69) is 9.97 Å². The van der Waals surface area contributed by atoms with Gasteiger partial charge in [0, 0.05) is 38.1 Å². The van der Waals surface area contributed by atoms with E-state index in [0.717, 1.165) is 28.9 Å². The van der Waals surface area contributed by atoms with E-state index in [1.54, 1.807) is 47.5 Å². The number of oxazole rings is 1. The standard InChI is InChI=1S/C33H35N5O7S/c1-20-27-31(40)38(21-17-36(18-21)30(39)24-8-5-6-12-34-24)33(41)37(32(27)46-28(20)29-35-13-16-44-29)19-26(45-22-10-14-43-15-11-22)23-7-3-4-9-25(23)42-2/h3-9,12-13,16,21-22,26-27,32H,10-11,14-15,17-19H2,1-2H3. The van der Waals surface area contributed by atoms with E-state index < -0.39 is 29.5 Å². The third-order valence-electron chi connectivity index (χ3n) is 9.01. The minimum Gasteiger partial charge on any atom is -0.496 e. The zero-order valence-electron chi connectivity index (χ0n) is 25.6. The number of para-hydroxylation sites is 1. The molecule has 0 saturated carbocycles. The minimum atomic E-state index is -0.619. The molecule has 3 unspecified atom stereocenters. The molecule has 3 saturated heterocycles. The summed E-state index contributed by atoms with van der Waals surface area (Å²) >= 11 is 1.41. The summed E-state index contributed by atoms with van der Waals surface area (Å²) in [7, 11) is 1.62. The van der Waals surface area contributed by atoms with Gasteiger partial charge in [0.15, 0.2) is 0 Å². The van der Waals surface area contributed by atoms with Gasteiger partial charge in [-0.05, 0) is 43.5 Å². The number of ether oxygens (including phenoxy) is 3. The van der Waals surface area contributed by atoms with Crippen molar-refractivity contribution in [3.8, 4) is 5.75 Å². The van der Waals surface area contributed by atoms with Gasteiger partial charge in [0.05, 0.1) is 48.2 Å². The van der Waals surface area contributed by atoms with Crippen LogP contribution in [-0.4, -0.2) is 100.0 Å². The first kappa shape index (κ1) is 30.5. The van der Waals surface area contributed by atoms with E-state index in [0.29, 0.717) is 30.5 Å². The Labute approximate surface area is 270 Å². The van der Waals surface area contributed by atoms with Crippen LogP contribution in [0.1, 0.15) is 47.8 Å². The van der Waals surface area contributed by atoms with Gasteiger partial charge < -0.3 is 28.4 Å². The van der Waals surface area contributed by atoms with Crippen LogP contribution in [0.3, 0.4) is 0 Å². The average Bonchev–Trinajstić information content (AvgIpc) is 3.72. The van der Waals surface area contributed by atoms with E-state index in [1.165, 1.54) is 22.9 Å². The number of hydrogen-bond donors (Lipinski definition) is 0. The largest absolute Gasteiger partial charge is 0.496 e. The van der Waals surface area contributed by atoms with Crippen molar-refractivity contribution in [3.63, 3.8) is 0 Å². The van der Waals surface area contributed by atoms with Crippen molar-refractivity contribution in [2.45, 2.75) is 43.4 Å². The van der Waals surface area contributed by atoms with Crippen molar-refractivity contribution in [2.24, 2.45) is 5.92 Å². The number of nitrogens with zero attached hydrogens (tertiary/aromatic N) is 5. The van der Waals surface area contributed by atoms with E-state index in [4.69, 9.17) is 18.6 Å². The summed E-state index contributed by atoms with van der Waals surface area (Å²) in [6.07, 6.45) is 5.51. The van der Waals surface area contributed by atoms with Crippen LogP contribution in [0, 0.1) is 5.92 Å². The molecular weight excluding hydrogens is 610 g/mol. The normalized spacial score (nSPS) is 23.0. The van der Waals surface area contributed by atoms with Gasteiger partial charge in [-0.25, -0.2) is 9.78 Å². The van der Waals surface area contributed by atoms with Crippen molar-refractivity contribution in [3.05, 3.63) is 83.8 Å². The molecule has 4 amide bonds. The average molecular weight is 646 g/mol. The van der Waals surface area contributed by atoms with Crippen molar-refractivity contribution in [1.82, 2.24) is 24.7 Å². The fourth-order valence-corrected chi connectivity index (χ4v) is 8.07. The predicted octanol–water partition coefficient (Wildman–Crippen LogP) is 4.22. The van der Waals surface area contributed by atoms with E-state index in [9.17, 15) is 14.4 Å². The molecule has 4 aliphatic heterocycles. The van der Waals surface area contributed by atoms with Gasteiger partial charge in [-0.3, -0.25) is 19.5 Å². The lowest BCUT2D eigenvalue weighted by molar-refractivity contribution is -0.141. The molecule has 46 heavy (non-hydrogen) atoms. The molecule has 0 N–H and O–H groups in total. The molecular formula is C33H35N5O7S. The van der Waals surface area contributed by atoms with Crippen LogP contribution < -0.4 is 4.74 Å². The first-order valence-electron chi connectivity index (χ1n) is 15.4. The summed E-state index contributed by atoms with van der Waals surface area (Å²) in [5.41, 5.74) is 1.94. The first-order chi connectivity index (χ1) is 22.4. The van der Waals surface area contributed by atoms with Gasteiger partial charge in [0.25, 0.3) is 5.91 Å². The highest BCUT2D eigenvalue weighted by Gasteiger charge is 2.56. The van der Waals surface area contributed by atoms with Crippen molar-refractivity contribution < 1.29 is 33.0 Å². The van der Waals surface area contributed by atoms with Gasteiger partial charge in [-0.15, -0.1) is 0 Å². The fourth-order valence-electron chi connectivity index (χ4n) is 6.56. The maximum absolute atomic E-state index is 14.5. The van der Waals surface area contributed by atoms with Crippen LogP contribution in [0.2, 0.25) is 0 Å². The Bertz CT molecular complexity index is 1620. The van der Waals surface area contributed by atoms with Crippen molar-refractivity contribution in [1.29, 1.82) is 0 Å². The monoisotopic (exact) mass is 645 g/mol. The number of urea groups is 1. The Morgan fingerprint density at radius 2 is 1.85 bits per heavy atom. The Kier molecular flexibility index (Phi) is 8.54. The molecule has 0 spiro atoms. The molecule has 12 nitrogen and oxygen atoms in total. The number of methoxy groups -OCH3 is 1. The van der Waals surface area contributed by atoms with E-state index in [1.807, 2.05) is 31.2 Å². The lowest BCUT2D eigenvalue weighted by Crippen LogP contribution is -2.70. The van der Waals surface area contributed by atoms with Gasteiger partial charge in [-0.2, -0.15) is 0 Å². The molecule has 6 heterocycles. The lowest BCUT2D eigenvalue weighted by Gasteiger charge is -2.50. The molecule has 4 aliphatic rings. The summed E-state index contributed by atoms with van der Waals surface area (Å²) in [6, 6.07) is 11.9. The first-order valence-corrected chi connectivity index (χ1v) is 16.3. The predicted molar refractivity (Wildman–Crippen MR) is 168 cm³/mol. The number of amides is 4. The molecule has 13 heteroatoms. The number of imide groups is 1. The Hall–Kier alpha value is -4.20. The maximum atomic E-state index is 14.5. The van der Waals surface area contributed by atoms with Crippen LogP contribution in [0.25, 0.3) is 4.91 Å². The number of benzene rings is 1. The lowest BCUT2D eigenvalue weighted by atomic mass is 9.92. The van der Waals surface area contributed by atoms with Crippen LogP contribution in [0.4, 0.5) is 4.79 Å². The summed E-state index contributed by atoms with van der Waals surface area (Å²) in [4.78, 5) is 55.8. The third kappa shape index (κ3) is 5.56. The number of fused-ring (bicyclic) bond motifs is 1. The van der Waals surface area contributed by atoms with Gasteiger partial charge in [0.2, 0.25) is 11.8 Å². The molecule has 1 aromatic carbocycles. The number of rotatable bonds is 9. The number of aromatic nitrogens is 2. The fraction of sp³-hybridized carbons (Fsp3) is 0.424. The van der Waals surface area contributed by atoms with Gasteiger partial charge >= 0.3 is 6.03 Å². The molecule has 0 bridgehead atoms. The summed E-state index contributed by atoms with van der Waals surface area (Å²) in [5, 5.41) is -0.528. The SMILES string of the molecule is COc1ccccc1C(CN1C(=O)N(C2CN(C(=O)c3ccccn3)C2)C(=O)C2C(C)=C(c3ncco3)SC21)OC1CCOCC1. The smallest absolute Gasteiger partial charge is 0.328 e. The molecule has 2 aromatic heterocycles. The van der Waals surface area contributed by atoms with Crippen molar-refractivity contribution in [2.75, 3.05) is 40.0 Å². The second-order valence-corrected chi connectivity index (χ2v) is 12.9. The van der Waals surface area contributed by atoms with Gasteiger partial charge in [-0.1, -0.05) is 36.0 Å². The highest BCUT2D eigenvalue weighted by molar-refractivity contribution is 8.09. The van der Waals surface area contributed by atoms with Crippen molar-refractivity contribution >= 4 is 34.5 Å². The van der Waals surface area contributed by atoms with Crippen LogP contribution >= 0.6 is 11.8 Å². The highest BCUT2D eigenvalue weighted by Crippen LogP contribution is 2.52. The number of thioether (sulfide) groups is 1. The number of likely N-dealkylation sites (tertiary alicyclic amines) is 1. The summed E-state index contributed by atoms with van der Waals surface area (Å²) in [6.45, 7) is 3.75. The minimum absolute atomic E-state index is 0.0612. The molecule has 7 rings (SSSR count). The highest BCUT2D eigenvalue weighted by atomic mass is 32.2. The summed E-state index contributed by atoms with van der Waals surface area (Å²) in [5.74, 6) is -0.0640. The zero-order chi connectivity index (χ0) is 31.8. The van der Waals surface area contributed by atoms with Crippen LogP contribution in [-0.2, 0) is 14.3 Å². The topological polar surface area (TPSA) is 128 Å². The number of carbonyl (C=O) groups is 3. The molecule has 0 radical (unpaired) electrons. The molecule has 3 aromatic rings. The van der Waals surface area contributed by atoms with Gasteiger partial charge in [0.1, 0.15) is 23.8 Å². The van der Waals surface area contributed by atoms with E-state index >= 15 is 0 Å².